The van der Waals surface area contributed by atoms with Crippen LogP contribution in [0.25, 0.3) is 0 Å². The Balaban J connectivity index is 2.29. The molecule has 0 saturated carbocycles. The zero-order valence-corrected chi connectivity index (χ0v) is 8.79. The van der Waals surface area contributed by atoms with E-state index in [1.54, 1.807) is 0 Å². The van der Waals surface area contributed by atoms with Gasteiger partial charge in [-0.05, 0) is 24.1 Å². The zero-order valence-electron chi connectivity index (χ0n) is 8.79. The smallest absolute Gasteiger partial charge is 0.0681 e. The molecule has 0 radical (unpaired) electrons. The van der Waals surface area contributed by atoms with Gasteiger partial charge in [-0.3, -0.25) is 0 Å². The number of hydrogen-bond acceptors (Lipinski definition) is 2. The van der Waals surface area contributed by atoms with Crippen LogP contribution in [0.4, 0.5) is 5.69 Å². The quantitative estimate of drug-likeness (QED) is 0.681. The summed E-state index contributed by atoms with van der Waals surface area (Å²) >= 11 is 0. The van der Waals surface area contributed by atoms with Crippen LogP contribution in [0.5, 0.6) is 0 Å². The maximum Gasteiger partial charge on any atom is 0.0681 e. The molecule has 0 aliphatic carbocycles. The summed E-state index contributed by atoms with van der Waals surface area (Å²) in [6.45, 7) is 3.36. The van der Waals surface area contributed by atoms with Crippen molar-refractivity contribution in [3.05, 3.63) is 29.8 Å². The first-order valence-electron chi connectivity index (χ1n) is 5.30. The van der Waals surface area contributed by atoms with Crippen molar-refractivity contribution in [2.75, 3.05) is 11.9 Å². The lowest BCUT2D eigenvalue weighted by atomic mass is 10.2. The molecular weight excluding hydrogens is 174 g/mol. The average molecular weight is 193 g/mol. The number of nitrogens with one attached hydrogen (secondary N) is 1. The second kappa shape index (κ2) is 6.44. The van der Waals surface area contributed by atoms with Crippen LogP contribution in [0.15, 0.2) is 24.3 Å². The molecule has 2 nitrogen and oxygen atoms in total. The van der Waals surface area contributed by atoms with Gasteiger partial charge in [-0.2, -0.15) is 0 Å². The largest absolute Gasteiger partial charge is 0.392 e. The fourth-order valence-electron chi connectivity index (χ4n) is 1.34. The van der Waals surface area contributed by atoms with Gasteiger partial charge in [0.25, 0.3) is 0 Å². The van der Waals surface area contributed by atoms with E-state index in [4.69, 9.17) is 5.11 Å². The third kappa shape index (κ3) is 3.79. The minimum atomic E-state index is 0.121. The number of benzene rings is 1. The molecule has 0 fully saturated rings. The first kappa shape index (κ1) is 11.1. The molecule has 2 heteroatoms. The molecule has 1 aromatic rings. The van der Waals surface area contributed by atoms with E-state index in [0.717, 1.165) is 17.8 Å². The van der Waals surface area contributed by atoms with Crippen molar-refractivity contribution in [3.8, 4) is 0 Å². The van der Waals surface area contributed by atoms with E-state index in [1.807, 2.05) is 24.3 Å². The molecule has 0 saturated heterocycles. The predicted octanol–water partition coefficient (Wildman–Crippen LogP) is 2.78. The van der Waals surface area contributed by atoms with Gasteiger partial charge in [-0.25, -0.2) is 0 Å². The number of rotatable bonds is 6. The monoisotopic (exact) mass is 193 g/mol. The lowest BCUT2D eigenvalue weighted by Gasteiger charge is -2.06. The third-order valence-corrected chi connectivity index (χ3v) is 2.25. The van der Waals surface area contributed by atoms with Crippen LogP contribution in [-0.4, -0.2) is 11.7 Å². The Morgan fingerprint density at radius 3 is 2.43 bits per heavy atom. The summed E-state index contributed by atoms with van der Waals surface area (Å²) in [5, 5.41) is 12.2. The molecule has 0 heterocycles. The normalized spacial score (nSPS) is 10.1. The summed E-state index contributed by atoms with van der Waals surface area (Å²) < 4.78 is 0. The molecule has 1 aromatic carbocycles. The third-order valence-electron chi connectivity index (χ3n) is 2.25. The molecule has 0 aliphatic heterocycles. The Morgan fingerprint density at radius 1 is 1.14 bits per heavy atom. The van der Waals surface area contributed by atoms with Gasteiger partial charge in [0, 0.05) is 12.2 Å². The molecule has 0 aromatic heterocycles. The van der Waals surface area contributed by atoms with Crippen LogP contribution < -0.4 is 5.32 Å². The van der Waals surface area contributed by atoms with Gasteiger partial charge >= 0.3 is 0 Å². The molecular formula is C12H19NO. The first-order valence-corrected chi connectivity index (χ1v) is 5.30. The minimum absolute atomic E-state index is 0.121. The lowest BCUT2D eigenvalue weighted by molar-refractivity contribution is 0.282. The molecule has 0 atom stereocenters. The number of anilines is 1. The summed E-state index contributed by atoms with van der Waals surface area (Å²) in [4.78, 5) is 0. The Kier molecular flexibility index (Phi) is 5.08. The highest BCUT2D eigenvalue weighted by atomic mass is 16.3. The molecule has 78 valence electrons. The van der Waals surface area contributed by atoms with Crippen molar-refractivity contribution >= 4 is 5.69 Å². The van der Waals surface area contributed by atoms with E-state index >= 15 is 0 Å². The Bertz CT molecular complexity index is 243. The zero-order chi connectivity index (χ0) is 10.2. The lowest BCUT2D eigenvalue weighted by Crippen LogP contribution is -2.00. The Labute approximate surface area is 86.0 Å². The molecule has 0 bridgehead atoms. The Hall–Kier alpha value is -1.02. The van der Waals surface area contributed by atoms with Gasteiger partial charge in [0.15, 0.2) is 0 Å². The standard InChI is InChI=1S/C12H19NO/c1-2-3-4-9-13-12-7-5-11(10-14)6-8-12/h5-8,13-14H,2-4,9-10H2,1H3. The number of hydrogen-bond donors (Lipinski definition) is 2. The van der Waals surface area contributed by atoms with Crippen LogP contribution in [-0.2, 0) is 6.61 Å². The molecule has 0 aliphatic rings. The van der Waals surface area contributed by atoms with Crippen molar-refractivity contribution in [1.82, 2.24) is 0 Å². The fourth-order valence-corrected chi connectivity index (χ4v) is 1.34. The van der Waals surface area contributed by atoms with E-state index in [2.05, 4.69) is 12.2 Å². The summed E-state index contributed by atoms with van der Waals surface area (Å²) in [7, 11) is 0. The molecule has 1 rings (SSSR count). The second-order valence-corrected chi connectivity index (χ2v) is 3.49. The van der Waals surface area contributed by atoms with E-state index in [1.165, 1.54) is 19.3 Å². The topological polar surface area (TPSA) is 32.3 Å². The van der Waals surface area contributed by atoms with E-state index in [0.29, 0.717) is 0 Å². The Morgan fingerprint density at radius 2 is 1.86 bits per heavy atom. The van der Waals surface area contributed by atoms with Gasteiger partial charge in [0.05, 0.1) is 6.61 Å². The van der Waals surface area contributed by atoms with Gasteiger partial charge in [-0.1, -0.05) is 31.9 Å². The van der Waals surface area contributed by atoms with Gasteiger partial charge in [-0.15, -0.1) is 0 Å². The van der Waals surface area contributed by atoms with E-state index in [-0.39, 0.29) is 6.61 Å². The van der Waals surface area contributed by atoms with Crippen LogP contribution in [0.3, 0.4) is 0 Å². The molecule has 0 amide bonds. The minimum Gasteiger partial charge on any atom is -0.392 e. The van der Waals surface area contributed by atoms with Crippen molar-refractivity contribution in [1.29, 1.82) is 0 Å². The van der Waals surface area contributed by atoms with Crippen molar-refractivity contribution in [3.63, 3.8) is 0 Å². The summed E-state index contributed by atoms with van der Waals surface area (Å²) in [6.07, 6.45) is 3.76. The number of unbranched alkanes of at least 4 members (excludes halogenated alkanes) is 2. The maximum atomic E-state index is 8.85. The van der Waals surface area contributed by atoms with E-state index in [9.17, 15) is 0 Å². The van der Waals surface area contributed by atoms with Crippen molar-refractivity contribution in [2.24, 2.45) is 0 Å². The van der Waals surface area contributed by atoms with Gasteiger partial charge < -0.3 is 10.4 Å². The maximum absolute atomic E-state index is 8.85. The second-order valence-electron chi connectivity index (χ2n) is 3.49. The van der Waals surface area contributed by atoms with Crippen LogP contribution in [0.1, 0.15) is 31.7 Å². The van der Waals surface area contributed by atoms with Crippen molar-refractivity contribution < 1.29 is 5.11 Å². The molecule has 2 N–H and O–H groups in total. The SMILES string of the molecule is CCCCCNc1ccc(CO)cc1. The van der Waals surface area contributed by atoms with Crippen LogP contribution in [0, 0.1) is 0 Å². The number of aliphatic hydroxyl groups excluding tert-OH is 1. The van der Waals surface area contributed by atoms with Crippen LogP contribution in [0.2, 0.25) is 0 Å². The summed E-state index contributed by atoms with van der Waals surface area (Å²) in [5.74, 6) is 0. The molecule has 0 spiro atoms. The highest BCUT2D eigenvalue weighted by Crippen LogP contribution is 2.09. The molecule has 0 unspecified atom stereocenters. The van der Waals surface area contributed by atoms with Gasteiger partial charge in [0.2, 0.25) is 0 Å². The average Bonchev–Trinajstić information content (AvgIpc) is 2.25. The predicted molar refractivity (Wildman–Crippen MR) is 60.4 cm³/mol. The fraction of sp³-hybridized carbons (Fsp3) is 0.500. The van der Waals surface area contributed by atoms with Crippen LogP contribution >= 0.6 is 0 Å². The summed E-state index contributed by atoms with van der Waals surface area (Å²) in [5.41, 5.74) is 2.10. The first-order chi connectivity index (χ1) is 6.86. The highest BCUT2D eigenvalue weighted by molar-refractivity contribution is 5.44. The van der Waals surface area contributed by atoms with Gasteiger partial charge in [0.1, 0.15) is 0 Å². The molecule has 14 heavy (non-hydrogen) atoms. The van der Waals surface area contributed by atoms with Crippen molar-refractivity contribution in [2.45, 2.75) is 32.8 Å². The summed E-state index contributed by atoms with van der Waals surface area (Å²) in [6, 6.07) is 7.92. The highest BCUT2D eigenvalue weighted by Gasteiger charge is 1.92. The number of aliphatic hydroxyl groups is 1. The van der Waals surface area contributed by atoms with E-state index < -0.39 is 0 Å².